The highest BCUT2D eigenvalue weighted by Gasteiger charge is 2.29. The van der Waals surface area contributed by atoms with Gasteiger partial charge in [0.1, 0.15) is 0 Å². The van der Waals surface area contributed by atoms with Gasteiger partial charge in [0.2, 0.25) is 15.9 Å². The largest absolute Gasteiger partial charge is 0.355 e. The summed E-state index contributed by atoms with van der Waals surface area (Å²) in [4.78, 5) is 11.7. The first kappa shape index (κ1) is 15.9. The average Bonchev–Trinajstić information content (AvgIpc) is 3.28. The van der Waals surface area contributed by atoms with Crippen LogP contribution in [0.4, 0.5) is 0 Å². The van der Waals surface area contributed by atoms with Gasteiger partial charge >= 0.3 is 0 Å². The molecule has 1 saturated carbocycles. The van der Waals surface area contributed by atoms with Crippen molar-refractivity contribution in [2.24, 2.45) is 11.7 Å². The van der Waals surface area contributed by atoms with Gasteiger partial charge in [-0.2, -0.15) is 0 Å². The molecular formula is C14H21N3O3S. The van der Waals surface area contributed by atoms with E-state index in [9.17, 15) is 13.2 Å². The van der Waals surface area contributed by atoms with Crippen molar-refractivity contribution in [2.75, 3.05) is 13.1 Å². The number of hydrogen-bond donors (Lipinski definition) is 3. The first-order valence-corrected chi connectivity index (χ1v) is 8.49. The Hall–Kier alpha value is -1.44. The van der Waals surface area contributed by atoms with Gasteiger partial charge in [-0.3, -0.25) is 4.79 Å². The number of nitrogens with one attached hydrogen (secondary N) is 2. The molecule has 0 radical (unpaired) electrons. The molecule has 0 heterocycles. The summed E-state index contributed by atoms with van der Waals surface area (Å²) in [5.74, 6) is 0.139. The van der Waals surface area contributed by atoms with Crippen LogP contribution >= 0.6 is 0 Å². The minimum atomic E-state index is -3.58. The van der Waals surface area contributed by atoms with Crippen molar-refractivity contribution in [3.8, 4) is 0 Å². The number of benzene rings is 1. The van der Waals surface area contributed by atoms with E-state index in [0.717, 1.165) is 18.4 Å². The monoisotopic (exact) mass is 311 g/mol. The molecular weight excluding hydrogens is 290 g/mol. The molecule has 0 unspecified atom stereocenters. The molecule has 1 fully saturated rings. The van der Waals surface area contributed by atoms with Crippen molar-refractivity contribution in [2.45, 2.75) is 31.2 Å². The SMILES string of the molecule is Cc1ccc(CN)cc1S(=O)(=O)NCCNC(=O)C1CC1. The maximum atomic E-state index is 12.2. The molecule has 0 aromatic heterocycles. The molecule has 4 N–H and O–H groups in total. The van der Waals surface area contributed by atoms with Crippen LogP contribution in [0.5, 0.6) is 0 Å². The fourth-order valence-corrected chi connectivity index (χ4v) is 3.32. The second-order valence-electron chi connectivity index (χ2n) is 5.27. The van der Waals surface area contributed by atoms with E-state index >= 15 is 0 Å². The molecule has 6 nitrogen and oxygen atoms in total. The molecule has 0 saturated heterocycles. The quantitative estimate of drug-likeness (QED) is 0.629. The molecule has 1 amide bonds. The average molecular weight is 311 g/mol. The Morgan fingerprint density at radius 1 is 1.33 bits per heavy atom. The zero-order valence-electron chi connectivity index (χ0n) is 12.1. The molecule has 116 valence electrons. The maximum absolute atomic E-state index is 12.2. The lowest BCUT2D eigenvalue weighted by Gasteiger charge is -2.11. The van der Waals surface area contributed by atoms with Crippen molar-refractivity contribution in [1.29, 1.82) is 0 Å². The van der Waals surface area contributed by atoms with Crippen molar-refractivity contribution in [3.05, 3.63) is 29.3 Å². The molecule has 0 spiro atoms. The van der Waals surface area contributed by atoms with Gasteiger partial charge in [0, 0.05) is 25.6 Å². The molecule has 21 heavy (non-hydrogen) atoms. The predicted octanol–water partition coefficient (Wildman–Crippen LogP) is 0.258. The topological polar surface area (TPSA) is 101 Å². The van der Waals surface area contributed by atoms with Gasteiger partial charge in [-0.05, 0) is 37.0 Å². The Labute approximate surface area is 125 Å². The third kappa shape index (κ3) is 4.26. The van der Waals surface area contributed by atoms with E-state index in [4.69, 9.17) is 5.73 Å². The van der Waals surface area contributed by atoms with Crippen LogP contribution in [0.15, 0.2) is 23.1 Å². The van der Waals surface area contributed by atoms with Crippen LogP contribution in [0.3, 0.4) is 0 Å². The van der Waals surface area contributed by atoms with Crippen LogP contribution in [0.1, 0.15) is 24.0 Å². The normalized spacial score (nSPS) is 15.0. The molecule has 7 heteroatoms. The molecule has 1 aromatic carbocycles. The Kier molecular flexibility index (Phi) is 4.97. The van der Waals surface area contributed by atoms with Crippen molar-refractivity contribution < 1.29 is 13.2 Å². The van der Waals surface area contributed by atoms with E-state index in [1.165, 1.54) is 0 Å². The smallest absolute Gasteiger partial charge is 0.240 e. The van der Waals surface area contributed by atoms with Crippen molar-refractivity contribution in [1.82, 2.24) is 10.0 Å². The fourth-order valence-electron chi connectivity index (χ4n) is 2.00. The predicted molar refractivity (Wildman–Crippen MR) is 80.0 cm³/mol. The molecule has 2 rings (SSSR count). The summed E-state index contributed by atoms with van der Waals surface area (Å²) in [5, 5.41) is 2.72. The minimum Gasteiger partial charge on any atom is -0.355 e. The number of carbonyl (C=O) groups excluding carboxylic acids is 1. The Morgan fingerprint density at radius 2 is 2.05 bits per heavy atom. The second-order valence-corrected chi connectivity index (χ2v) is 7.00. The number of hydrogen-bond acceptors (Lipinski definition) is 4. The summed E-state index contributed by atoms with van der Waals surface area (Å²) in [6.45, 7) is 2.50. The number of aryl methyl sites for hydroxylation is 1. The maximum Gasteiger partial charge on any atom is 0.240 e. The van der Waals surface area contributed by atoms with E-state index in [2.05, 4.69) is 10.0 Å². The standard InChI is InChI=1S/C14H21N3O3S/c1-10-2-3-11(9-15)8-13(10)21(19,20)17-7-6-16-14(18)12-4-5-12/h2-3,8,12,17H,4-7,9,15H2,1H3,(H,16,18). The lowest BCUT2D eigenvalue weighted by molar-refractivity contribution is -0.122. The molecule has 1 aliphatic rings. The number of rotatable bonds is 7. The summed E-state index contributed by atoms with van der Waals surface area (Å²) in [5.41, 5.74) is 6.97. The first-order chi connectivity index (χ1) is 9.94. The van der Waals surface area contributed by atoms with Crippen LogP contribution < -0.4 is 15.8 Å². The third-order valence-corrected chi connectivity index (χ3v) is 5.05. The van der Waals surface area contributed by atoms with Gasteiger partial charge in [0.25, 0.3) is 0 Å². The number of amides is 1. The van der Waals surface area contributed by atoms with Gasteiger partial charge in [-0.1, -0.05) is 12.1 Å². The van der Waals surface area contributed by atoms with E-state index in [-0.39, 0.29) is 23.3 Å². The molecule has 0 aliphatic heterocycles. The van der Waals surface area contributed by atoms with Crippen LogP contribution in [0.25, 0.3) is 0 Å². The highest BCUT2D eigenvalue weighted by molar-refractivity contribution is 7.89. The number of carbonyl (C=O) groups is 1. The van der Waals surface area contributed by atoms with Crippen molar-refractivity contribution in [3.63, 3.8) is 0 Å². The Bertz CT molecular complexity index is 624. The molecule has 0 atom stereocenters. The van der Waals surface area contributed by atoms with Crippen LogP contribution in [0.2, 0.25) is 0 Å². The van der Waals surface area contributed by atoms with Gasteiger partial charge in [0.05, 0.1) is 4.90 Å². The van der Waals surface area contributed by atoms with E-state index in [1.54, 1.807) is 19.1 Å². The fraction of sp³-hybridized carbons (Fsp3) is 0.500. The third-order valence-electron chi connectivity index (χ3n) is 3.44. The van der Waals surface area contributed by atoms with Crippen molar-refractivity contribution >= 4 is 15.9 Å². The van der Waals surface area contributed by atoms with E-state index in [1.807, 2.05) is 6.07 Å². The van der Waals surface area contributed by atoms with Crippen LogP contribution in [-0.4, -0.2) is 27.4 Å². The summed E-state index contributed by atoms with van der Waals surface area (Å²) in [7, 11) is -3.58. The van der Waals surface area contributed by atoms with E-state index < -0.39 is 10.0 Å². The lowest BCUT2D eigenvalue weighted by Crippen LogP contribution is -2.35. The molecule has 0 bridgehead atoms. The van der Waals surface area contributed by atoms with Gasteiger partial charge in [-0.25, -0.2) is 13.1 Å². The van der Waals surface area contributed by atoms with Crippen LogP contribution in [-0.2, 0) is 21.4 Å². The first-order valence-electron chi connectivity index (χ1n) is 7.01. The lowest BCUT2D eigenvalue weighted by atomic mass is 10.1. The molecule has 1 aliphatic carbocycles. The minimum absolute atomic E-state index is 0.00973. The van der Waals surface area contributed by atoms with Crippen LogP contribution in [0, 0.1) is 12.8 Å². The zero-order chi connectivity index (χ0) is 15.5. The van der Waals surface area contributed by atoms with Gasteiger partial charge in [0.15, 0.2) is 0 Å². The van der Waals surface area contributed by atoms with Gasteiger partial charge < -0.3 is 11.1 Å². The summed E-state index contributed by atoms with van der Waals surface area (Å²) in [6.07, 6.45) is 1.87. The number of nitrogens with two attached hydrogens (primary N) is 1. The Balaban J connectivity index is 1.93. The van der Waals surface area contributed by atoms with E-state index in [0.29, 0.717) is 18.7 Å². The highest BCUT2D eigenvalue weighted by atomic mass is 32.2. The second kappa shape index (κ2) is 6.55. The van der Waals surface area contributed by atoms with Gasteiger partial charge in [-0.15, -0.1) is 0 Å². The summed E-state index contributed by atoms with van der Waals surface area (Å²) >= 11 is 0. The summed E-state index contributed by atoms with van der Waals surface area (Å²) in [6, 6.07) is 5.14. The molecule has 1 aromatic rings. The zero-order valence-corrected chi connectivity index (χ0v) is 12.9. The highest BCUT2D eigenvalue weighted by Crippen LogP contribution is 2.28. The Morgan fingerprint density at radius 3 is 2.67 bits per heavy atom. The number of sulfonamides is 1. The summed E-state index contributed by atoms with van der Waals surface area (Å²) < 4.78 is 27.0.